The molecule has 0 fully saturated rings. The topological polar surface area (TPSA) is 96.3 Å². The molecule has 0 saturated carbocycles. The molecule has 10 heteroatoms. The molecule has 7 nitrogen and oxygen atoms in total. The number of nitriles is 1. The monoisotopic (exact) mass is 494 g/mol. The summed E-state index contributed by atoms with van der Waals surface area (Å²) in [5, 5.41) is 16.2. The van der Waals surface area contributed by atoms with Gasteiger partial charge in [0.1, 0.15) is 24.2 Å². The van der Waals surface area contributed by atoms with Crippen molar-refractivity contribution in [2.24, 2.45) is 0 Å². The van der Waals surface area contributed by atoms with E-state index in [1.54, 1.807) is 43.6 Å². The molecule has 4 rings (SSSR count). The highest BCUT2D eigenvalue weighted by atomic mass is 32.2. The number of carbonyl (C=O) groups is 1. The van der Waals surface area contributed by atoms with Crippen LogP contribution in [0.5, 0.6) is 5.75 Å². The number of halogens is 1. The lowest BCUT2D eigenvalue weighted by Gasteiger charge is -2.10. The van der Waals surface area contributed by atoms with Crippen molar-refractivity contribution in [1.29, 1.82) is 5.26 Å². The van der Waals surface area contributed by atoms with Gasteiger partial charge in [-0.2, -0.15) is 5.26 Å². The molecular weight excluding hydrogens is 475 g/mol. The standard InChI is InChI=1S/C24H19FN4O3S2/c1-31-10-11-32-20-13-19-16(12-15(20)14-26)21(8-9-27-19)33-23-7-6-22(34-23)29-24(30)28-18-5-3-2-4-17(18)25/h2-9,12-13H,10-11H2,1H3,(H2,28,29,30). The molecule has 0 atom stereocenters. The van der Waals surface area contributed by atoms with Gasteiger partial charge in [-0.05, 0) is 36.4 Å². The summed E-state index contributed by atoms with van der Waals surface area (Å²) in [4.78, 5) is 17.5. The van der Waals surface area contributed by atoms with Crippen molar-refractivity contribution in [3.63, 3.8) is 0 Å². The normalized spacial score (nSPS) is 10.6. The number of pyridine rings is 1. The quantitative estimate of drug-likeness (QED) is 0.286. The average Bonchev–Trinajstić information content (AvgIpc) is 3.27. The third-order valence-corrected chi connectivity index (χ3v) is 6.83. The number of rotatable bonds is 8. The van der Waals surface area contributed by atoms with Gasteiger partial charge in [0.05, 0.1) is 32.6 Å². The number of thiophene rings is 1. The second-order valence-electron chi connectivity index (χ2n) is 6.91. The third-order valence-electron chi connectivity index (χ3n) is 4.62. The maximum absolute atomic E-state index is 13.7. The number of anilines is 2. The molecule has 34 heavy (non-hydrogen) atoms. The van der Waals surface area contributed by atoms with Crippen LogP contribution in [0, 0.1) is 17.1 Å². The van der Waals surface area contributed by atoms with Crippen LogP contribution in [0.1, 0.15) is 5.56 Å². The molecule has 2 aromatic heterocycles. The van der Waals surface area contributed by atoms with E-state index in [2.05, 4.69) is 21.7 Å². The number of amides is 2. The maximum Gasteiger partial charge on any atom is 0.324 e. The Labute approximate surface area is 203 Å². The summed E-state index contributed by atoms with van der Waals surface area (Å²) in [7, 11) is 1.58. The highest BCUT2D eigenvalue weighted by Gasteiger charge is 2.13. The van der Waals surface area contributed by atoms with E-state index in [1.807, 2.05) is 12.1 Å². The second kappa shape index (κ2) is 11.0. The van der Waals surface area contributed by atoms with Crippen LogP contribution in [0.4, 0.5) is 19.9 Å². The first-order chi connectivity index (χ1) is 16.6. The van der Waals surface area contributed by atoms with Gasteiger partial charge in [0, 0.05) is 29.7 Å². The average molecular weight is 495 g/mol. The molecular formula is C24H19FN4O3S2. The summed E-state index contributed by atoms with van der Waals surface area (Å²) in [6.07, 6.45) is 1.70. The second-order valence-corrected chi connectivity index (χ2v) is 9.33. The van der Waals surface area contributed by atoms with Gasteiger partial charge in [-0.3, -0.25) is 10.3 Å². The number of hydrogen-bond donors (Lipinski definition) is 2. The van der Waals surface area contributed by atoms with Crippen molar-refractivity contribution >= 4 is 50.7 Å². The van der Waals surface area contributed by atoms with Crippen LogP contribution in [0.2, 0.25) is 0 Å². The molecule has 2 aromatic carbocycles. The molecule has 0 spiro atoms. The van der Waals surface area contributed by atoms with E-state index in [1.165, 1.54) is 35.2 Å². The Morgan fingerprint density at radius 2 is 2.03 bits per heavy atom. The number of nitrogens with one attached hydrogen (secondary N) is 2. The van der Waals surface area contributed by atoms with E-state index >= 15 is 0 Å². The Balaban J connectivity index is 1.49. The van der Waals surface area contributed by atoms with Gasteiger partial charge >= 0.3 is 6.03 Å². The Morgan fingerprint density at radius 1 is 1.18 bits per heavy atom. The minimum Gasteiger partial charge on any atom is -0.490 e. The SMILES string of the molecule is COCCOc1cc2nccc(Sc3ccc(NC(=O)Nc4ccccc4F)s3)c2cc1C#N. The van der Waals surface area contributed by atoms with Crippen molar-refractivity contribution in [1.82, 2.24) is 4.98 Å². The Kier molecular flexibility index (Phi) is 7.59. The van der Waals surface area contributed by atoms with Gasteiger partial charge < -0.3 is 14.8 Å². The molecule has 2 amide bonds. The molecule has 0 aliphatic rings. The molecule has 2 heterocycles. The van der Waals surface area contributed by atoms with Crippen LogP contribution in [-0.2, 0) is 4.74 Å². The number of methoxy groups -OCH3 is 1. The first kappa shape index (κ1) is 23.5. The van der Waals surface area contributed by atoms with Crippen molar-refractivity contribution in [3.8, 4) is 11.8 Å². The molecule has 0 radical (unpaired) electrons. The predicted molar refractivity (Wildman–Crippen MR) is 131 cm³/mol. The first-order valence-electron chi connectivity index (χ1n) is 10.1. The maximum atomic E-state index is 13.7. The van der Waals surface area contributed by atoms with E-state index in [0.717, 1.165) is 14.5 Å². The molecule has 0 unspecified atom stereocenters. The van der Waals surface area contributed by atoms with Crippen LogP contribution in [0.3, 0.4) is 0 Å². The summed E-state index contributed by atoms with van der Waals surface area (Å²) in [5.74, 6) is -0.0428. The summed E-state index contributed by atoms with van der Waals surface area (Å²) in [5.41, 5.74) is 1.22. The lowest BCUT2D eigenvalue weighted by molar-refractivity contribution is 0.146. The number of ether oxygens (including phenoxy) is 2. The molecule has 4 aromatic rings. The van der Waals surface area contributed by atoms with Crippen LogP contribution in [0.15, 0.2) is 69.9 Å². The van der Waals surface area contributed by atoms with E-state index in [4.69, 9.17) is 9.47 Å². The highest BCUT2D eigenvalue weighted by Crippen LogP contribution is 2.39. The zero-order valence-corrected chi connectivity index (χ0v) is 19.6. The number of hydrogen-bond acceptors (Lipinski definition) is 7. The van der Waals surface area contributed by atoms with Crippen LogP contribution >= 0.6 is 23.1 Å². The summed E-state index contributed by atoms with van der Waals surface area (Å²) >= 11 is 2.87. The van der Waals surface area contributed by atoms with Gasteiger partial charge in [-0.1, -0.05) is 23.9 Å². The van der Waals surface area contributed by atoms with E-state index < -0.39 is 11.8 Å². The zero-order chi connectivity index (χ0) is 23.9. The third kappa shape index (κ3) is 5.63. The van der Waals surface area contributed by atoms with Crippen molar-refractivity contribution < 1.29 is 18.7 Å². The largest absolute Gasteiger partial charge is 0.490 e. The number of fused-ring (bicyclic) bond motifs is 1. The number of urea groups is 1. The zero-order valence-electron chi connectivity index (χ0n) is 18.0. The van der Waals surface area contributed by atoms with Gasteiger partial charge in [0.15, 0.2) is 0 Å². The fraction of sp³-hybridized carbons (Fsp3) is 0.125. The minimum absolute atomic E-state index is 0.105. The molecule has 2 N–H and O–H groups in total. The predicted octanol–water partition coefficient (Wildman–Crippen LogP) is 6.13. The van der Waals surface area contributed by atoms with Crippen molar-refractivity contribution in [2.75, 3.05) is 31.0 Å². The van der Waals surface area contributed by atoms with E-state index in [0.29, 0.717) is 35.0 Å². The molecule has 0 aliphatic heterocycles. The van der Waals surface area contributed by atoms with Gasteiger partial charge in [0.2, 0.25) is 0 Å². The summed E-state index contributed by atoms with van der Waals surface area (Å²) in [6.45, 7) is 0.750. The number of carbonyl (C=O) groups excluding carboxylic acids is 1. The van der Waals surface area contributed by atoms with Gasteiger partial charge in [-0.25, -0.2) is 9.18 Å². The fourth-order valence-electron chi connectivity index (χ4n) is 3.06. The van der Waals surface area contributed by atoms with Gasteiger partial charge in [-0.15, -0.1) is 11.3 Å². The highest BCUT2D eigenvalue weighted by molar-refractivity contribution is 8.01. The molecule has 0 saturated heterocycles. The van der Waals surface area contributed by atoms with Crippen molar-refractivity contribution in [2.45, 2.75) is 9.10 Å². The number of para-hydroxylation sites is 1. The summed E-state index contributed by atoms with van der Waals surface area (Å²) in [6, 6.07) is 16.7. The molecule has 172 valence electrons. The minimum atomic E-state index is -0.530. The lowest BCUT2D eigenvalue weighted by atomic mass is 10.1. The number of benzene rings is 2. The lowest BCUT2D eigenvalue weighted by Crippen LogP contribution is -2.19. The smallest absolute Gasteiger partial charge is 0.324 e. The number of nitrogens with zero attached hydrogens (tertiary/aromatic N) is 2. The molecule has 0 bridgehead atoms. The summed E-state index contributed by atoms with van der Waals surface area (Å²) < 4.78 is 25.3. The Bertz CT molecular complexity index is 1370. The Hall–Kier alpha value is -3.65. The fourth-order valence-corrected chi connectivity index (χ4v) is 5.15. The van der Waals surface area contributed by atoms with Crippen LogP contribution in [0.25, 0.3) is 10.9 Å². The Morgan fingerprint density at radius 3 is 2.82 bits per heavy atom. The number of aromatic nitrogens is 1. The first-order valence-corrected chi connectivity index (χ1v) is 11.8. The van der Waals surface area contributed by atoms with Crippen LogP contribution < -0.4 is 15.4 Å². The van der Waals surface area contributed by atoms with E-state index in [-0.39, 0.29) is 5.69 Å². The van der Waals surface area contributed by atoms with Crippen LogP contribution in [-0.4, -0.2) is 31.3 Å². The van der Waals surface area contributed by atoms with Crippen molar-refractivity contribution in [3.05, 3.63) is 72.2 Å². The van der Waals surface area contributed by atoms with Gasteiger partial charge in [0.25, 0.3) is 0 Å². The molecule has 0 aliphatic carbocycles. The van der Waals surface area contributed by atoms with E-state index in [9.17, 15) is 14.4 Å².